The largest absolute Gasteiger partial charge is 0.496 e. The molecule has 0 radical (unpaired) electrons. The fourth-order valence-corrected chi connectivity index (χ4v) is 2.23. The zero-order valence-corrected chi connectivity index (χ0v) is 11.4. The van der Waals surface area contributed by atoms with Gasteiger partial charge in [0.25, 0.3) is 0 Å². The Hall–Kier alpha value is -1.94. The van der Waals surface area contributed by atoms with Crippen LogP contribution >= 0.6 is 0 Å². The Kier molecular flexibility index (Phi) is 4.04. The van der Waals surface area contributed by atoms with E-state index in [1.54, 1.807) is 31.2 Å². The summed E-state index contributed by atoms with van der Waals surface area (Å²) in [5, 5.41) is 10.6. The van der Waals surface area contributed by atoms with Crippen LogP contribution < -0.4 is 4.74 Å². The zero-order valence-electron chi connectivity index (χ0n) is 11.4. The highest BCUT2D eigenvalue weighted by atomic mass is 19.2. The lowest BCUT2D eigenvalue weighted by molar-refractivity contribution is 0.0549. The third-order valence-electron chi connectivity index (χ3n) is 3.22. The van der Waals surface area contributed by atoms with Crippen molar-refractivity contribution in [1.29, 1.82) is 0 Å². The van der Waals surface area contributed by atoms with Crippen molar-refractivity contribution in [2.24, 2.45) is 0 Å². The molecule has 20 heavy (non-hydrogen) atoms. The Balaban J connectivity index is 2.32. The maximum Gasteiger partial charge on any atom is 0.159 e. The normalized spacial score (nSPS) is 13.8. The van der Waals surface area contributed by atoms with Gasteiger partial charge < -0.3 is 9.84 Å². The van der Waals surface area contributed by atoms with Crippen LogP contribution in [0.15, 0.2) is 42.5 Å². The summed E-state index contributed by atoms with van der Waals surface area (Å²) in [5.41, 5.74) is -0.122. The van der Waals surface area contributed by atoms with Crippen LogP contribution in [0.4, 0.5) is 8.78 Å². The van der Waals surface area contributed by atoms with E-state index in [1.165, 1.54) is 13.2 Å². The lowest BCUT2D eigenvalue weighted by atomic mass is 9.88. The lowest BCUT2D eigenvalue weighted by Crippen LogP contribution is -2.25. The molecule has 0 aliphatic carbocycles. The molecule has 0 saturated heterocycles. The SMILES string of the molecule is COc1ccccc1C(C)(O)Cc1ccc(F)c(F)c1. The van der Waals surface area contributed by atoms with Gasteiger partial charge in [-0.15, -0.1) is 0 Å². The van der Waals surface area contributed by atoms with Gasteiger partial charge in [-0.05, 0) is 30.7 Å². The summed E-state index contributed by atoms with van der Waals surface area (Å²) in [6.07, 6.45) is 0.157. The number of methoxy groups -OCH3 is 1. The van der Waals surface area contributed by atoms with Crippen LogP contribution in [0, 0.1) is 11.6 Å². The van der Waals surface area contributed by atoms with Gasteiger partial charge in [0.15, 0.2) is 11.6 Å². The van der Waals surface area contributed by atoms with E-state index in [0.29, 0.717) is 16.9 Å². The van der Waals surface area contributed by atoms with E-state index in [9.17, 15) is 13.9 Å². The van der Waals surface area contributed by atoms with E-state index in [4.69, 9.17) is 4.74 Å². The Bertz CT molecular complexity index is 609. The highest BCUT2D eigenvalue weighted by Crippen LogP contribution is 2.32. The van der Waals surface area contributed by atoms with Gasteiger partial charge in [0, 0.05) is 12.0 Å². The molecule has 0 saturated carbocycles. The van der Waals surface area contributed by atoms with Crippen LogP contribution in [0.1, 0.15) is 18.1 Å². The van der Waals surface area contributed by atoms with Crippen LogP contribution in [-0.4, -0.2) is 12.2 Å². The molecule has 2 nitrogen and oxygen atoms in total. The van der Waals surface area contributed by atoms with E-state index < -0.39 is 17.2 Å². The zero-order chi connectivity index (χ0) is 14.8. The van der Waals surface area contributed by atoms with Crippen molar-refractivity contribution in [1.82, 2.24) is 0 Å². The minimum absolute atomic E-state index is 0.157. The molecule has 0 fully saturated rings. The molecule has 106 valence electrons. The topological polar surface area (TPSA) is 29.5 Å². The lowest BCUT2D eigenvalue weighted by Gasteiger charge is -2.26. The first-order valence-corrected chi connectivity index (χ1v) is 6.24. The number of aliphatic hydroxyl groups is 1. The minimum atomic E-state index is -1.24. The second-order valence-electron chi connectivity index (χ2n) is 4.90. The fraction of sp³-hybridized carbons (Fsp3) is 0.250. The molecule has 0 heterocycles. The Morgan fingerprint density at radius 1 is 1.10 bits per heavy atom. The second-order valence-corrected chi connectivity index (χ2v) is 4.90. The number of hydrogen-bond acceptors (Lipinski definition) is 2. The first-order valence-electron chi connectivity index (χ1n) is 6.24. The monoisotopic (exact) mass is 278 g/mol. The molecule has 4 heteroatoms. The first-order chi connectivity index (χ1) is 9.44. The third kappa shape index (κ3) is 2.96. The predicted octanol–water partition coefficient (Wildman–Crippen LogP) is 3.42. The van der Waals surface area contributed by atoms with Gasteiger partial charge in [0.2, 0.25) is 0 Å². The van der Waals surface area contributed by atoms with Crippen LogP contribution in [0.25, 0.3) is 0 Å². The Labute approximate surface area is 116 Å². The average molecular weight is 278 g/mol. The molecule has 0 spiro atoms. The smallest absolute Gasteiger partial charge is 0.159 e. The highest BCUT2D eigenvalue weighted by molar-refractivity contribution is 5.38. The molecule has 0 amide bonds. The molecule has 0 aliphatic heterocycles. The third-order valence-corrected chi connectivity index (χ3v) is 3.22. The van der Waals surface area contributed by atoms with Crippen molar-refractivity contribution in [3.63, 3.8) is 0 Å². The molecule has 2 aromatic carbocycles. The van der Waals surface area contributed by atoms with Gasteiger partial charge >= 0.3 is 0 Å². The number of halogens is 2. The van der Waals surface area contributed by atoms with E-state index >= 15 is 0 Å². The van der Waals surface area contributed by atoms with Crippen LogP contribution in [0.5, 0.6) is 5.75 Å². The van der Waals surface area contributed by atoms with Gasteiger partial charge in [0.05, 0.1) is 12.7 Å². The summed E-state index contributed by atoms with van der Waals surface area (Å²) < 4.78 is 31.4. The quantitative estimate of drug-likeness (QED) is 0.928. The van der Waals surface area contributed by atoms with Gasteiger partial charge in [-0.25, -0.2) is 8.78 Å². The average Bonchev–Trinajstić information content (AvgIpc) is 2.42. The van der Waals surface area contributed by atoms with E-state index in [1.807, 2.05) is 0 Å². The molecular formula is C16H16F2O2. The van der Waals surface area contributed by atoms with E-state index in [-0.39, 0.29) is 6.42 Å². The molecule has 2 rings (SSSR count). The second kappa shape index (κ2) is 5.59. The van der Waals surface area contributed by atoms with Gasteiger partial charge in [0.1, 0.15) is 5.75 Å². The van der Waals surface area contributed by atoms with Crippen LogP contribution in [0.3, 0.4) is 0 Å². The summed E-state index contributed by atoms with van der Waals surface area (Å²) in [6.45, 7) is 1.62. The maximum absolute atomic E-state index is 13.2. The standard InChI is InChI=1S/C16H16F2O2/c1-16(19,12-5-3-4-6-15(12)20-2)10-11-7-8-13(17)14(18)9-11/h3-9,19H,10H2,1-2H3. The molecule has 1 unspecified atom stereocenters. The molecule has 2 aromatic rings. The molecule has 1 N–H and O–H groups in total. The molecule has 0 bridgehead atoms. The van der Waals surface area contributed by atoms with Gasteiger partial charge in [-0.1, -0.05) is 24.3 Å². The van der Waals surface area contributed by atoms with Crippen molar-refractivity contribution in [3.05, 3.63) is 65.2 Å². The first kappa shape index (κ1) is 14.5. The summed E-state index contributed by atoms with van der Waals surface area (Å²) in [5.74, 6) is -1.26. The van der Waals surface area contributed by atoms with Crippen LogP contribution in [-0.2, 0) is 12.0 Å². The molecule has 0 aromatic heterocycles. The summed E-state index contributed by atoms with van der Waals surface area (Å²) in [7, 11) is 1.52. The minimum Gasteiger partial charge on any atom is -0.496 e. The van der Waals surface area contributed by atoms with Crippen molar-refractivity contribution < 1.29 is 18.6 Å². The van der Waals surface area contributed by atoms with Gasteiger partial charge in [-0.3, -0.25) is 0 Å². The number of benzene rings is 2. The highest BCUT2D eigenvalue weighted by Gasteiger charge is 2.27. The number of hydrogen-bond donors (Lipinski definition) is 1. The van der Waals surface area contributed by atoms with Crippen molar-refractivity contribution in [2.45, 2.75) is 18.9 Å². The van der Waals surface area contributed by atoms with Crippen molar-refractivity contribution >= 4 is 0 Å². The predicted molar refractivity (Wildman–Crippen MR) is 72.6 cm³/mol. The maximum atomic E-state index is 13.2. The van der Waals surface area contributed by atoms with Crippen LogP contribution in [0.2, 0.25) is 0 Å². The fourth-order valence-electron chi connectivity index (χ4n) is 2.23. The van der Waals surface area contributed by atoms with E-state index in [0.717, 1.165) is 12.1 Å². The summed E-state index contributed by atoms with van der Waals surface area (Å²) in [6, 6.07) is 10.7. The Morgan fingerprint density at radius 2 is 1.80 bits per heavy atom. The Morgan fingerprint density at radius 3 is 2.45 bits per heavy atom. The van der Waals surface area contributed by atoms with E-state index in [2.05, 4.69) is 0 Å². The number of rotatable bonds is 4. The molecular weight excluding hydrogens is 262 g/mol. The van der Waals surface area contributed by atoms with Gasteiger partial charge in [-0.2, -0.15) is 0 Å². The number of ether oxygens (including phenoxy) is 1. The molecule has 1 atom stereocenters. The van der Waals surface area contributed by atoms with Crippen molar-refractivity contribution in [2.75, 3.05) is 7.11 Å². The summed E-state index contributed by atoms with van der Waals surface area (Å²) >= 11 is 0. The summed E-state index contributed by atoms with van der Waals surface area (Å²) in [4.78, 5) is 0. The molecule has 0 aliphatic rings. The van der Waals surface area contributed by atoms with Crippen molar-refractivity contribution in [3.8, 4) is 5.75 Å². The number of para-hydroxylation sites is 1.